The average Bonchev–Trinajstić information content (AvgIpc) is 2.07. The molecule has 1 amide bonds. The van der Waals surface area contributed by atoms with Gasteiger partial charge in [0.2, 0.25) is 5.91 Å². The summed E-state index contributed by atoms with van der Waals surface area (Å²) < 4.78 is 4.80. The van der Waals surface area contributed by atoms with Gasteiger partial charge in [-0.15, -0.1) is 12.3 Å². The number of ether oxygens (including phenoxy) is 1. The molecular weight excluding hydrogens is 156 g/mol. The van der Waals surface area contributed by atoms with E-state index < -0.39 is 6.10 Å². The van der Waals surface area contributed by atoms with Crippen molar-refractivity contribution in [3.63, 3.8) is 0 Å². The number of hydrogen-bond acceptors (Lipinski definition) is 3. The normalized spacial score (nSPS) is 11.8. The first-order valence-corrected chi connectivity index (χ1v) is 3.70. The van der Waals surface area contributed by atoms with Gasteiger partial charge in [0.25, 0.3) is 0 Å². The zero-order chi connectivity index (χ0) is 9.40. The van der Waals surface area contributed by atoms with Crippen molar-refractivity contribution in [1.82, 2.24) is 5.32 Å². The van der Waals surface area contributed by atoms with Crippen molar-refractivity contribution in [2.24, 2.45) is 5.73 Å². The molecule has 0 aliphatic heterocycles. The van der Waals surface area contributed by atoms with E-state index in [0.717, 1.165) is 0 Å². The third-order valence-electron chi connectivity index (χ3n) is 1.36. The van der Waals surface area contributed by atoms with Crippen LogP contribution in [0.2, 0.25) is 0 Å². The number of rotatable bonds is 5. The van der Waals surface area contributed by atoms with Crippen molar-refractivity contribution < 1.29 is 9.53 Å². The van der Waals surface area contributed by atoms with E-state index in [2.05, 4.69) is 11.2 Å². The van der Waals surface area contributed by atoms with Gasteiger partial charge in [0, 0.05) is 26.6 Å². The molecular formula is C8H14N2O2. The zero-order valence-corrected chi connectivity index (χ0v) is 7.17. The Labute approximate surface area is 72.5 Å². The summed E-state index contributed by atoms with van der Waals surface area (Å²) in [5, 5.41) is 2.60. The second-order valence-corrected chi connectivity index (χ2v) is 2.21. The van der Waals surface area contributed by atoms with Gasteiger partial charge in [0.15, 0.2) is 0 Å². The van der Waals surface area contributed by atoms with Gasteiger partial charge in [-0.3, -0.25) is 4.79 Å². The lowest BCUT2D eigenvalue weighted by atomic mass is 10.3. The van der Waals surface area contributed by atoms with E-state index in [-0.39, 0.29) is 12.5 Å². The highest BCUT2D eigenvalue weighted by Gasteiger charge is 2.13. The molecule has 0 bridgehead atoms. The minimum absolute atomic E-state index is 0.179. The molecule has 0 aliphatic rings. The van der Waals surface area contributed by atoms with Crippen molar-refractivity contribution >= 4 is 5.91 Å². The summed E-state index contributed by atoms with van der Waals surface area (Å²) in [5.74, 6) is 2.20. The van der Waals surface area contributed by atoms with Crippen LogP contribution in [-0.4, -0.2) is 32.2 Å². The zero-order valence-electron chi connectivity index (χ0n) is 7.17. The summed E-state index contributed by atoms with van der Waals surface area (Å²) >= 11 is 0. The van der Waals surface area contributed by atoms with E-state index in [4.69, 9.17) is 16.9 Å². The lowest BCUT2D eigenvalue weighted by Crippen LogP contribution is -2.40. The fourth-order valence-corrected chi connectivity index (χ4v) is 0.682. The number of carbonyl (C=O) groups is 1. The molecule has 0 aromatic carbocycles. The van der Waals surface area contributed by atoms with Gasteiger partial charge in [-0.25, -0.2) is 0 Å². The molecule has 68 valence electrons. The number of terminal acetylenes is 1. The molecule has 0 radical (unpaired) electrons. The largest absolute Gasteiger partial charge is 0.370 e. The molecule has 0 aromatic rings. The monoisotopic (exact) mass is 170 g/mol. The molecule has 1 unspecified atom stereocenters. The van der Waals surface area contributed by atoms with E-state index in [0.29, 0.717) is 13.0 Å². The van der Waals surface area contributed by atoms with Gasteiger partial charge < -0.3 is 15.8 Å². The lowest BCUT2D eigenvalue weighted by molar-refractivity contribution is -0.130. The Balaban J connectivity index is 3.63. The molecule has 3 N–H and O–H groups in total. The lowest BCUT2D eigenvalue weighted by Gasteiger charge is -2.11. The smallest absolute Gasteiger partial charge is 0.250 e. The predicted octanol–water partition coefficient (Wildman–Crippen LogP) is -0.900. The minimum Gasteiger partial charge on any atom is -0.370 e. The molecule has 0 aromatic heterocycles. The third kappa shape index (κ3) is 3.96. The van der Waals surface area contributed by atoms with Gasteiger partial charge in [-0.05, 0) is 0 Å². The van der Waals surface area contributed by atoms with Crippen LogP contribution in [0.3, 0.4) is 0 Å². The van der Waals surface area contributed by atoms with E-state index in [1.54, 1.807) is 0 Å². The maximum Gasteiger partial charge on any atom is 0.250 e. The summed E-state index contributed by atoms with van der Waals surface area (Å²) in [4.78, 5) is 11.1. The van der Waals surface area contributed by atoms with Gasteiger partial charge >= 0.3 is 0 Å². The van der Waals surface area contributed by atoms with Crippen LogP contribution < -0.4 is 11.1 Å². The van der Waals surface area contributed by atoms with Crippen LogP contribution in [0.25, 0.3) is 0 Å². The van der Waals surface area contributed by atoms with Gasteiger partial charge in [0.05, 0.1) is 0 Å². The summed E-state index contributed by atoms with van der Waals surface area (Å²) in [5.41, 5.74) is 5.26. The third-order valence-corrected chi connectivity index (χ3v) is 1.36. The van der Waals surface area contributed by atoms with Crippen molar-refractivity contribution in [3.8, 4) is 12.3 Å². The average molecular weight is 170 g/mol. The minimum atomic E-state index is -0.567. The molecule has 12 heavy (non-hydrogen) atoms. The Morgan fingerprint density at radius 3 is 2.92 bits per heavy atom. The molecule has 0 aliphatic carbocycles. The highest BCUT2D eigenvalue weighted by atomic mass is 16.5. The number of amides is 1. The van der Waals surface area contributed by atoms with Crippen LogP contribution >= 0.6 is 0 Å². The SMILES string of the molecule is C#CCCNC(=O)C(CN)OC. The first-order chi connectivity index (χ1) is 5.76. The molecule has 0 rings (SSSR count). The number of nitrogens with one attached hydrogen (secondary N) is 1. The quantitative estimate of drug-likeness (QED) is 0.415. The van der Waals surface area contributed by atoms with E-state index in [1.165, 1.54) is 7.11 Å². The molecule has 0 saturated carbocycles. The number of hydrogen-bond donors (Lipinski definition) is 2. The van der Waals surface area contributed by atoms with Crippen LogP contribution in [-0.2, 0) is 9.53 Å². The van der Waals surface area contributed by atoms with Gasteiger partial charge in [-0.2, -0.15) is 0 Å². The number of carbonyl (C=O) groups excluding carboxylic acids is 1. The van der Waals surface area contributed by atoms with Crippen molar-refractivity contribution in [1.29, 1.82) is 0 Å². The maximum absolute atomic E-state index is 11.1. The van der Waals surface area contributed by atoms with Crippen LogP contribution in [0.4, 0.5) is 0 Å². The van der Waals surface area contributed by atoms with E-state index >= 15 is 0 Å². The standard InChI is InChI=1S/C8H14N2O2/c1-3-4-5-10-8(11)7(6-9)12-2/h1,7H,4-6,9H2,2H3,(H,10,11). The first kappa shape index (κ1) is 11.0. The highest BCUT2D eigenvalue weighted by Crippen LogP contribution is 1.86. The Morgan fingerprint density at radius 1 is 1.83 bits per heavy atom. The Hall–Kier alpha value is -1.05. The van der Waals surface area contributed by atoms with Crippen molar-refractivity contribution in [3.05, 3.63) is 0 Å². The van der Waals surface area contributed by atoms with Gasteiger partial charge in [-0.1, -0.05) is 0 Å². The Morgan fingerprint density at radius 2 is 2.50 bits per heavy atom. The Bertz CT molecular complexity index is 170. The van der Waals surface area contributed by atoms with E-state index in [1.807, 2.05) is 0 Å². The Kier molecular flexibility index (Phi) is 6.07. The topological polar surface area (TPSA) is 64.4 Å². The number of methoxy groups -OCH3 is 1. The summed E-state index contributed by atoms with van der Waals surface area (Å²) in [7, 11) is 1.44. The first-order valence-electron chi connectivity index (χ1n) is 3.70. The van der Waals surface area contributed by atoms with Gasteiger partial charge in [0.1, 0.15) is 6.10 Å². The van der Waals surface area contributed by atoms with Crippen molar-refractivity contribution in [2.45, 2.75) is 12.5 Å². The van der Waals surface area contributed by atoms with Crippen LogP contribution in [0.5, 0.6) is 0 Å². The molecule has 1 atom stereocenters. The summed E-state index contributed by atoms with van der Waals surface area (Å²) in [6, 6.07) is 0. The summed E-state index contributed by atoms with van der Waals surface area (Å²) in [6.07, 6.45) is 4.95. The van der Waals surface area contributed by atoms with Crippen LogP contribution in [0.1, 0.15) is 6.42 Å². The number of nitrogens with two attached hydrogens (primary N) is 1. The second kappa shape index (κ2) is 6.65. The molecule has 0 fully saturated rings. The van der Waals surface area contributed by atoms with Crippen molar-refractivity contribution in [2.75, 3.05) is 20.2 Å². The van der Waals surface area contributed by atoms with Crippen LogP contribution in [0.15, 0.2) is 0 Å². The molecule has 0 saturated heterocycles. The maximum atomic E-state index is 11.1. The molecule has 4 heteroatoms. The molecule has 0 spiro atoms. The highest BCUT2D eigenvalue weighted by molar-refractivity contribution is 5.80. The van der Waals surface area contributed by atoms with Crippen LogP contribution in [0, 0.1) is 12.3 Å². The molecule has 0 heterocycles. The van der Waals surface area contributed by atoms with E-state index in [9.17, 15) is 4.79 Å². The molecule has 4 nitrogen and oxygen atoms in total. The fraction of sp³-hybridized carbons (Fsp3) is 0.625. The fourth-order valence-electron chi connectivity index (χ4n) is 0.682. The predicted molar refractivity (Wildman–Crippen MR) is 46.3 cm³/mol. The summed E-state index contributed by atoms with van der Waals surface area (Å²) in [6.45, 7) is 0.646. The second-order valence-electron chi connectivity index (χ2n) is 2.21.